The van der Waals surface area contributed by atoms with Gasteiger partial charge >= 0.3 is 5.97 Å². The van der Waals surface area contributed by atoms with E-state index in [2.05, 4.69) is 0 Å². The molecule has 0 radical (unpaired) electrons. The van der Waals surface area contributed by atoms with Gasteiger partial charge in [-0.1, -0.05) is 36.1 Å². The van der Waals surface area contributed by atoms with Crippen molar-refractivity contribution in [3.8, 4) is 0 Å². The van der Waals surface area contributed by atoms with Gasteiger partial charge in [0.05, 0.1) is 4.91 Å². The van der Waals surface area contributed by atoms with E-state index in [4.69, 9.17) is 12.2 Å². The second-order valence-electron chi connectivity index (χ2n) is 6.58. The summed E-state index contributed by atoms with van der Waals surface area (Å²) in [4.78, 5) is 39.6. The topological polar surface area (TPSA) is 77.9 Å². The third kappa shape index (κ3) is 4.59. The van der Waals surface area contributed by atoms with Gasteiger partial charge in [0.25, 0.3) is 5.91 Å². The standard InChI is InChI=1S/C19H19FN2O4S2/c20-13-5-3-4-12(10-13)11-15-17(24)22(19(27)28-15)9-7-16(23)21-8-2-1-6-14(21)18(25)26/h3-5,10-11,14H,1-2,6-9H2,(H,25,26). The number of hydrogen-bond acceptors (Lipinski definition) is 5. The number of benzene rings is 1. The SMILES string of the molecule is O=C(O)C1CCCCN1C(=O)CCN1C(=O)C(=Cc2cccc(F)c2)SC1=S. The molecule has 3 rings (SSSR count). The molecule has 148 valence electrons. The Kier molecular flexibility index (Phi) is 6.46. The van der Waals surface area contributed by atoms with Crippen LogP contribution in [-0.2, 0) is 14.4 Å². The van der Waals surface area contributed by atoms with Crippen LogP contribution >= 0.6 is 24.0 Å². The van der Waals surface area contributed by atoms with Crippen molar-refractivity contribution < 1.29 is 23.9 Å². The Hall–Kier alpha value is -2.26. The zero-order chi connectivity index (χ0) is 20.3. The maximum atomic E-state index is 13.3. The highest BCUT2D eigenvalue weighted by atomic mass is 32.2. The van der Waals surface area contributed by atoms with Gasteiger partial charge in [0.1, 0.15) is 16.2 Å². The number of rotatable bonds is 5. The monoisotopic (exact) mass is 422 g/mol. The van der Waals surface area contributed by atoms with E-state index in [0.29, 0.717) is 27.8 Å². The summed E-state index contributed by atoms with van der Waals surface area (Å²) in [6.07, 6.45) is 3.56. The summed E-state index contributed by atoms with van der Waals surface area (Å²) in [5, 5.41) is 9.30. The summed E-state index contributed by atoms with van der Waals surface area (Å²) in [5.41, 5.74) is 0.550. The Labute approximate surface area is 171 Å². The molecule has 0 aromatic heterocycles. The Balaban J connectivity index is 1.64. The van der Waals surface area contributed by atoms with Crippen LogP contribution in [0.5, 0.6) is 0 Å². The number of amides is 2. The molecule has 2 saturated heterocycles. The van der Waals surface area contributed by atoms with Gasteiger partial charge in [0, 0.05) is 19.5 Å². The summed E-state index contributed by atoms with van der Waals surface area (Å²) in [7, 11) is 0. The van der Waals surface area contributed by atoms with Gasteiger partial charge in [0.2, 0.25) is 5.91 Å². The van der Waals surface area contributed by atoms with Gasteiger partial charge in [-0.2, -0.15) is 0 Å². The Morgan fingerprint density at radius 2 is 2.14 bits per heavy atom. The summed E-state index contributed by atoms with van der Waals surface area (Å²) < 4.78 is 13.7. The Bertz CT molecular complexity index is 858. The predicted molar refractivity (Wildman–Crippen MR) is 108 cm³/mol. The number of aliphatic carboxylic acids is 1. The number of thioether (sulfide) groups is 1. The number of carboxylic acid groups (broad SMARTS) is 1. The highest BCUT2D eigenvalue weighted by molar-refractivity contribution is 8.26. The van der Waals surface area contributed by atoms with Gasteiger partial charge in [-0.3, -0.25) is 14.5 Å². The molecule has 1 aromatic rings. The van der Waals surface area contributed by atoms with Crippen LogP contribution < -0.4 is 0 Å². The van der Waals surface area contributed by atoms with E-state index in [1.54, 1.807) is 18.2 Å². The van der Waals surface area contributed by atoms with E-state index in [1.807, 2.05) is 0 Å². The normalized spacial score (nSPS) is 21.5. The van der Waals surface area contributed by atoms with Gasteiger partial charge < -0.3 is 10.0 Å². The van der Waals surface area contributed by atoms with Crippen molar-refractivity contribution in [1.29, 1.82) is 0 Å². The molecular formula is C19H19FN2O4S2. The minimum atomic E-state index is -1.00. The third-order valence-electron chi connectivity index (χ3n) is 4.68. The van der Waals surface area contributed by atoms with E-state index in [0.717, 1.165) is 24.6 Å². The molecule has 9 heteroatoms. The van der Waals surface area contributed by atoms with Crippen molar-refractivity contribution in [2.75, 3.05) is 13.1 Å². The van der Waals surface area contributed by atoms with E-state index >= 15 is 0 Å². The molecular weight excluding hydrogens is 403 g/mol. The average molecular weight is 423 g/mol. The molecule has 1 aromatic carbocycles. The van der Waals surface area contributed by atoms with Gasteiger partial charge in [0.15, 0.2) is 0 Å². The third-order valence-corrected chi connectivity index (χ3v) is 6.06. The lowest BCUT2D eigenvalue weighted by atomic mass is 10.0. The molecule has 1 unspecified atom stereocenters. The largest absolute Gasteiger partial charge is 0.480 e. The van der Waals surface area contributed by atoms with E-state index in [-0.39, 0.29) is 24.8 Å². The minimum absolute atomic E-state index is 0.00344. The smallest absolute Gasteiger partial charge is 0.326 e. The van der Waals surface area contributed by atoms with Crippen LogP contribution in [0, 0.1) is 5.82 Å². The average Bonchev–Trinajstić information content (AvgIpc) is 2.92. The van der Waals surface area contributed by atoms with Gasteiger partial charge in [-0.25, -0.2) is 9.18 Å². The number of nitrogens with zero attached hydrogens (tertiary/aromatic N) is 2. The number of carbonyl (C=O) groups excluding carboxylic acids is 2. The molecule has 0 spiro atoms. The van der Waals surface area contributed by atoms with E-state index in [1.165, 1.54) is 21.9 Å². The van der Waals surface area contributed by atoms with Crippen LogP contribution in [0.3, 0.4) is 0 Å². The van der Waals surface area contributed by atoms with Crippen molar-refractivity contribution in [3.63, 3.8) is 0 Å². The zero-order valence-electron chi connectivity index (χ0n) is 15.0. The van der Waals surface area contributed by atoms with Crippen molar-refractivity contribution in [2.45, 2.75) is 31.7 Å². The number of carboxylic acids is 1. The zero-order valence-corrected chi connectivity index (χ0v) is 16.6. The molecule has 2 fully saturated rings. The maximum Gasteiger partial charge on any atom is 0.326 e. The lowest BCUT2D eigenvalue weighted by Gasteiger charge is -2.33. The van der Waals surface area contributed by atoms with Crippen LogP contribution in [0.2, 0.25) is 0 Å². The fourth-order valence-corrected chi connectivity index (χ4v) is 4.59. The first kappa shape index (κ1) is 20.5. The number of carbonyl (C=O) groups is 3. The number of thiocarbonyl (C=S) groups is 1. The molecule has 0 bridgehead atoms. The van der Waals surface area contributed by atoms with Crippen LogP contribution in [0.1, 0.15) is 31.2 Å². The van der Waals surface area contributed by atoms with E-state index < -0.39 is 17.8 Å². The van der Waals surface area contributed by atoms with Crippen LogP contribution in [0.15, 0.2) is 29.2 Å². The number of halogens is 1. The first-order chi connectivity index (χ1) is 13.4. The summed E-state index contributed by atoms with van der Waals surface area (Å²) in [6.45, 7) is 0.500. The Morgan fingerprint density at radius 3 is 2.86 bits per heavy atom. The quantitative estimate of drug-likeness (QED) is 0.581. The van der Waals surface area contributed by atoms with Crippen molar-refractivity contribution in [3.05, 3.63) is 40.6 Å². The van der Waals surface area contributed by atoms with Crippen molar-refractivity contribution in [2.24, 2.45) is 0 Å². The highest BCUT2D eigenvalue weighted by Crippen LogP contribution is 2.32. The van der Waals surface area contributed by atoms with Gasteiger partial charge in [-0.15, -0.1) is 0 Å². The lowest BCUT2D eigenvalue weighted by molar-refractivity contribution is -0.152. The second kappa shape index (κ2) is 8.83. The molecule has 2 aliphatic rings. The van der Waals surface area contributed by atoms with Crippen LogP contribution in [0.25, 0.3) is 6.08 Å². The summed E-state index contributed by atoms with van der Waals surface area (Å²) >= 11 is 6.35. The number of likely N-dealkylation sites (tertiary alicyclic amines) is 1. The van der Waals surface area contributed by atoms with E-state index in [9.17, 15) is 23.9 Å². The molecule has 2 amide bonds. The molecule has 2 heterocycles. The highest BCUT2D eigenvalue weighted by Gasteiger charge is 2.35. The fraction of sp³-hybridized carbons (Fsp3) is 0.368. The molecule has 28 heavy (non-hydrogen) atoms. The molecule has 1 N–H and O–H groups in total. The first-order valence-electron chi connectivity index (χ1n) is 8.90. The number of piperidine rings is 1. The van der Waals surface area contributed by atoms with Crippen molar-refractivity contribution in [1.82, 2.24) is 9.80 Å². The van der Waals surface area contributed by atoms with Crippen LogP contribution in [-0.4, -0.2) is 56.1 Å². The second-order valence-corrected chi connectivity index (χ2v) is 8.25. The van der Waals surface area contributed by atoms with Crippen LogP contribution in [0.4, 0.5) is 4.39 Å². The predicted octanol–water partition coefficient (Wildman–Crippen LogP) is 2.88. The minimum Gasteiger partial charge on any atom is -0.480 e. The fourth-order valence-electron chi connectivity index (χ4n) is 3.28. The van der Waals surface area contributed by atoms with Crippen molar-refractivity contribution >= 4 is 52.2 Å². The Morgan fingerprint density at radius 1 is 1.36 bits per heavy atom. The molecule has 1 atom stereocenters. The lowest BCUT2D eigenvalue weighted by Crippen LogP contribution is -2.48. The summed E-state index contributed by atoms with van der Waals surface area (Å²) in [6, 6.07) is 5.07. The summed E-state index contributed by atoms with van der Waals surface area (Å²) in [5.74, 6) is -2.03. The molecule has 2 aliphatic heterocycles. The molecule has 0 aliphatic carbocycles. The molecule has 0 saturated carbocycles. The first-order valence-corrected chi connectivity index (χ1v) is 10.1. The molecule has 6 nitrogen and oxygen atoms in total. The maximum absolute atomic E-state index is 13.3. The number of hydrogen-bond donors (Lipinski definition) is 1. The van der Waals surface area contributed by atoms with Gasteiger partial charge in [-0.05, 0) is 43.0 Å².